The summed E-state index contributed by atoms with van der Waals surface area (Å²) in [6.07, 6.45) is -2.89. The van der Waals surface area contributed by atoms with Crippen molar-refractivity contribution in [3.05, 3.63) is 41.7 Å². The molecule has 1 aromatic carbocycles. The predicted octanol–water partition coefficient (Wildman–Crippen LogP) is 3.93. The van der Waals surface area contributed by atoms with Crippen LogP contribution in [-0.4, -0.2) is 46.7 Å². The molecule has 0 radical (unpaired) electrons. The zero-order valence-electron chi connectivity index (χ0n) is 17.5. The minimum atomic E-state index is -4.78. The van der Waals surface area contributed by atoms with Crippen molar-refractivity contribution in [2.24, 2.45) is 4.99 Å². The summed E-state index contributed by atoms with van der Waals surface area (Å²) in [6, 6.07) is 7.19. The van der Waals surface area contributed by atoms with E-state index in [1.54, 1.807) is 6.07 Å². The Morgan fingerprint density at radius 3 is 2.62 bits per heavy atom. The van der Waals surface area contributed by atoms with E-state index in [1.807, 2.05) is 19.9 Å². The highest BCUT2D eigenvalue weighted by Gasteiger charge is 2.31. The fraction of sp³-hybridized carbons (Fsp3) is 0.400. The van der Waals surface area contributed by atoms with Gasteiger partial charge in [0.1, 0.15) is 5.75 Å². The predicted molar refractivity (Wildman–Crippen MR) is 119 cm³/mol. The highest BCUT2D eigenvalue weighted by Crippen LogP contribution is 2.25. The van der Waals surface area contributed by atoms with Crippen LogP contribution in [0.5, 0.6) is 5.75 Å². The van der Waals surface area contributed by atoms with Crippen LogP contribution in [0.4, 0.5) is 24.8 Å². The number of halogens is 3. The smallest absolute Gasteiger partial charge is 0.406 e. The maximum absolute atomic E-state index is 12.5. The van der Waals surface area contributed by atoms with Crippen molar-refractivity contribution in [3.8, 4) is 5.75 Å². The van der Waals surface area contributed by atoms with Gasteiger partial charge in [0.2, 0.25) is 11.9 Å². The van der Waals surface area contributed by atoms with Gasteiger partial charge in [-0.25, -0.2) is 15.0 Å². The number of ether oxygens (including phenoxy) is 2. The van der Waals surface area contributed by atoms with Gasteiger partial charge in [0, 0.05) is 29.7 Å². The van der Waals surface area contributed by atoms with Gasteiger partial charge in [-0.2, -0.15) is 0 Å². The molecule has 2 aromatic rings. The molecule has 0 bridgehead atoms. The molecule has 1 fully saturated rings. The standard InChI is InChI=1S/C20H23F3N6O2S/c1-12-9-13(2)26-18(25-12)28-17(24-11-16-7-4-8-30-16)29-19(32)27-14-5-3-6-15(10-14)31-20(21,22)23/h3,5-6,9-10,16H,4,7-8,11H2,1-2H3,(H3,24,25,26,27,28,29,32). The van der Waals surface area contributed by atoms with Gasteiger partial charge in [-0.15, -0.1) is 13.2 Å². The van der Waals surface area contributed by atoms with Crippen LogP contribution in [0.2, 0.25) is 0 Å². The molecule has 1 aromatic heterocycles. The first-order valence-corrected chi connectivity index (χ1v) is 10.3. The average molecular weight is 469 g/mol. The van der Waals surface area contributed by atoms with Crippen molar-refractivity contribution in [1.29, 1.82) is 0 Å². The summed E-state index contributed by atoms with van der Waals surface area (Å²) in [5.74, 6) is 0.259. The Labute approximate surface area is 188 Å². The molecule has 12 heteroatoms. The molecule has 32 heavy (non-hydrogen) atoms. The van der Waals surface area contributed by atoms with Crippen LogP contribution < -0.4 is 20.7 Å². The second-order valence-electron chi connectivity index (χ2n) is 7.08. The van der Waals surface area contributed by atoms with Gasteiger partial charge in [0.25, 0.3) is 0 Å². The van der Waals surface area contributed by atoms with E-state index in [-0.39, 0.29) is 22.9 Å². The van der Waals surface area contributed by atoms with Gasteiger partial charge in [0.15, 0.2) is 5.11 Å². The highest BCUT2D eigenvalue weighted by atomic mass is 32.1. The van der Waals surface area contributed by atoms with E-state index in [2.05, 4.69) is 35.6 Å². The molecular formula is C20H23F3N6O2S. The number of aromatic nitrogens is 2. The molecule has 8 nitrogen and oxygen atoms in total. The Bertz CT molecular complexity index is 960. The van der Waals surface area contributed by atoms with Crippen LogP contribution in [0.3, 0.4) is 0 Å². The fourth-order valence-electron chi connectivity index (χ4n) is 3.02. The normalized spacial score (nSPS) is 16.5. The number of alkyl halides is 3. The maximum Gasteiger partial charge on any atom is 0.573 e. The molecule has 172 valence electrons. The van der Waals surface area contributed by atoms with Crippen LogP contribution in [0.25, 0.3) is 0 Å². The molecule has 1 atom stereocenters. The maximum atomic E-state index is 12.5. The third-order valence-corrected chi connectivity index (χ3v) is 4.45. The number of hydrogen-bond donors (Lipinski definition) is 3. The highest BCUT2D eigenvalue weighted by molar-refractivity contribution is 7.80. The SMILES string of the molecule is Cc1cc(C)nc(NC(=NCC2CCCO2)NC(=S)Nc2cccc(OC(F)(F)F)c2)n1. The second kappa shape index (κ2) is 10.6. The first-order valence-electron chi connectivity index (χ1n) is 9.85. The van der Waals surface area contributed by atoms with Gasteiger partial charge in [-0.3, -0.25) is 5.32 Å². The van der Waals surface area contributed by atoms with E-state index >= 15 is 0 Å². The summed E-state index contributed by atoms with van der Waals surface area (Å²) in [6.45, 7) is 4.79. The van der Waals surface area contributed by atoms with E-state index in [0.717, 1.165) is 24.2 Å². The van der Waals surface area contributed by atoms with Crippen molar-refractivity contribution in [3.63, 3.8) is 0 Å². The van der Waals surface area contributed by atoms with Crippen LogP contribution in [0, 0.1) is 13.8 Å². The molecule has 1 aliphatic heterocycles. The molecular weight excluding hydrogens is 445 g/mol. The number of thiocarbonyl (C=S) groups is 1. The summed E-state index contributed by atoms with van der Waals surface area (Å²) < 4.78 is 46.9. The molecule has 2 heterocycles. The number of aliphatic imine (C=N–C) groups is 1. The van der Waals surface area contributed by atoms with Crippen molar-refractivity contribution in [1.82, 2.24) is 15.3 Å². The lowest BCUT2D eigenvalue weighted by molar-refractivity contribution is -0.274. The summed E-state index contributed by atoms with van der Waals surface area (Å²) >= 11 is 5.30. The van der Waals surface area contributed by atoms with Crippen LogP contribution in [0.1, 0.15) is 24.2 Å². The lowest BCUT2D eigenvalue weighted by Gasteiger charge is -2.16. The molecule has 0 amide bonds. The summed E-state index contributed by atoms with van der Waals surface area (Å²) in [5.41, 5.74) is 1.87. The quantitative estimate of drug-likeness (QED) is 0.346. The number of anilines is 2. The Balaban J connectivity index is 1.69. The number of nitrogens with one attached hydrogen (secondary N) is 3. The Morgan fingerprint density at radius 1 is 1.22 bits per heavy atom. The number of nitrogens with zero attached hydrogens (tertiary/aromatic N) is 3. The van der Waals surface area contributed by atoms with Crippen molar-refractivity contribution in [2.75, 3.05) is 23.8 Å². The van der Waals surface area contributed by atoms with Gasteiger partial charge in [-0.1, -0.05) is 6.07 Å². The number of hydrogen-bond acceptors (Lipinski definition) is 6. The van der Waals surface area contributed by atoms with Crippen LogP contribution >= 0.6 is 12.2 Å². The first-order chi connectivity index (χ1) is 15.2. The van der Waals surface area contributed by atoms with E-state index in [1.165, 1.54) is 18.2 Å². The van der Waals surface area contributed by atoms with E-state index in [4.69, 9.17) is 17.0 Å². The third-order valence-electron chi connectivity index (χ3n) is 4.25. The molecule has 0 saturated carbocycles. The van der Waals surface area contributed by atoms with E-state index in [9.17, 15) is 13.2 Å². The van der Waals surface area contributed by atoms with E-state index < -0.39 is 6.36 Å². The van der Waals surface area contributed by atoms with E-state index in [0.29, 0.717) is 24.8 Å². The van der Waals surface area contributed by atoms with Crippen molar-refractivity contribution in [2.45, 2.75) is 39.2 Å². The number of rotatable bonds is 5. The van der Waals surface area contributed by atoms with Gasteiger partial charge in [0.05, 0.1) is 12.6 Å². The molecule has 3 N–H and O–H groups in total. The molecule has 3 rings (SSSR count). The van der Waals surface area contributed by atoms with Crippen molar-refractivity contribution < 1.29 is 22.6 Å². The summed E-state index contributed by atoms with van der Waals surface area (Å²) in [4.78, 5) is 13.2. The van der Waals surface area contributed by atoms with Gasteiger partial charge >= 0.3 is 6.36 Å². The molecule has 1 saturated heterocycles. The Kier molecular flexibility index (Phi) is 7.80. The first kappa shape index (κ1) is 23.7. The molecule has 0 spiro atoms. The minimum absolute atomic E-state index is 0.00601. The number of guanidine groups is 1. The zero-order chi connectivity index (χ0) is 23.1. The fourth-order valence-corrected chi connectivity index (χ4v) is 3.23. The molecule has 1 unspecified atom stereocenters. The number of aryl methyl sites for hydroxylation is 2. The number of benzene rings is 1. The third kappa shape index (κ3) is 7.93. The molecule has 1 aliphatic rings. The lowest BCUT2D eigenvalue weighted by atomic mass is 10.2. The molecule has 0 aliphatic carbocycles. The monoisotopic (exact) mass is 468 g/mol. The van der Waals surface area contributed by atoms with Gasteiger partial charge in [-0.05, 0) is 57.1 Å². The second-order valence-corrected chi connectivity index (χ2v) is 7.49. The van der Waals surface area contributed by atoms with Crippen LogP contribution in [0.15, 0.2) is 35.3 Å². The van der Waals surface area contributed by atoms with Crippen LogP contribution in [-0.2, 0) is 4.74 Å². The Morgan fingerprint density at radius 2 is 1.97 bits per heavy atom. The largest absolute Gasteiger partial charge is 0.573 e. The summed E-state index contributed by atoms with van der Waals surface area (Å²) in [7, 11) is 0. The zero-order valence-corrected chi connectivity index (χ0v) is 18.3. The minimum Gasteiger partial charge on any atom is -0.406 e. The van der Waals surface area contributed by atoms with Gasteiger partial charge < -0.3 is 20.1 Å². The average Bonchev–Trinajstić information content (AvgIpc) is 3.17. The Hall–Kier alpha value is -2.99. The summed E-state index contributed by atoms with van der Waals surface area (Å²) in [5, 5.41) is 8.83. The lowest BCUT2D eigenvalue weighted by Crippen LogP contribution is -2.39. The topological polar surface area (TPSA) is 92.7 Å². The van der Waals surface area contributed by atoms with Crippen molar-refractivity contribution >= 4 is 34.9 Å².